The molecular weight excluding hydrogens is 444 g/mol. The van der Waals surface area contributed by atoms with Gasteiger partial charge in [-0.15, -0.1) is 11.3 Å². The normalized spacial score (nSPS) is 10.4. The second-order valence-corrected chi connectivity index (χ2v) is 8.23. The summed E-state index contributed by atoms with van der Waals surface area (Å²) < 4.78 is 0. The van der Waals surface area contributed by atoms with Crippen molar-refractivity contribution in [3.63, 3.8) is 0 Å². The predicted octanol–water partition coefficient (Wildman–Crippen LogP) is 6.16. The Morgan fingerprint density at radius 1 is 0.938 bits per heavy atom. The number of amides is 3. The quantitative estimate of drug-likeness (QED) is 0.357. The first kappa shape index (κ1) is 21.5. The van der Waals surface area contributed by atoms with Crippen molar-refractivity contribution in [3.8, 4) is 11.3 Å². The molecule has 0 fully saturated rings. The van der Waals surface area contributed by atoms with Gasteiger partial charge in [0.2, 0.25) is 5.13 Å². The molecular formula is C24H19ClN4O2S. The van der Waals surface area contributed by atoms with Gasteiger partial charge in [0.15, 0.2) is 0 Å². The van der Waals surface area contributed by atoms with Gasteiger partial charge in [-0.25, -0.2) is 9.78 Å². The number of anilines is 2. The van der Waals surface area contributed by atoms with Gasteiger partial charge < -0.3 is 5.32 Å². The highest BCUT2D eigenvalue weighted by atomic mass is 35.5. The molecule has 0 aliphatic heterocycles. The van der Waals surface area contributed by atoms with Crippen molar-refractivity contribution in [1.29, 1.82) is 0 Å². The number of thiazole rings is 1. The van der Waals surface area contributed by atoms with Crippen LogP contribution in [0, 0.1) is 6.92 Å². The highest BCUT2D eigenvalue weighted by molar-refractivity contribution is 7.14. The number of urea groups is 1. The average molecular weight is 463 g/mol. The Morgan fingerprint density at radius 2 is 1.62 bits per heavy atom. The summed E-state index contributed by atoms with van der Waals surface area (Å²) in [6, 6.07) is 22.8. The Kier molecular flexibility index (Phi) is 6.49. The van der Waals surface area contributed by atoms with Crippen LogP contribution < -0.4 is 15.8 Å². The van der Waals surface area contributed by atoms with E-state index in [4.69, 9.17) is 11.6 Å². The fraction of sp³-hybridized carbons (Fsp3) is 0.0417. The fourth-order valence-corrected chi connectivity index (χ4v) is 3.79. The monoisotopic (exact) mass is 462 g/mol. The number of rotatable bonds is 4. The summed E-state index contributed by atoms with van der Waals surface area (Å²) >= 11 is 7.18. The van der Waals surface area contributed by atoms with Crippen molar-refractivity contribution >= 4 is 45.7 Å². The molecule has 1 aromatic heterocycles. The number of nitrogens with zero attached hydrogens (tertiary/aromatic N) is 2. The standard InChI is InChI=1S/C24H19ClN4O2S/c1-16-7-9-18(10-8-16)22(30)28-29(23(31)26-20-13-11-19(25)12-14-20)24-27-21(15-32-24)17-5-3-2-4-6-17/h2-15H,1H3,(H,26,31)(H,28,30). The van der Waals surface area contributed by atoms with E-state index in [-0.39, 0.29) is 0 Å². The number of aromatic nitrogens is 1. The number of aryl methyl sites for hydroxylation is 1. The number of hydrazine groups is 1. The number of nitrogens with one attached hydrogen (secondary N) is 2. The molecule has 3 amide bonds. The Bertz CT molecular complexity index is 1230. The number of hydrogen-bond donors (Lipinski definition) is 2. The van der Waals surface area contributed by atoms with Crippen LogP contribution in [-0.2, 0) is 0 Å². The molecule has 1 heterocycles. The van der Waals surface area contributed by atoms with Crippen molar-refractivity contribution < 1.29 is 9.59 Å². The van der Waals surface area contributed by atoms with Gasteiger partial charge in [0, 0.05) is 27.2 Å². The van der Waals surface area contributed by atoms with E-state index in [1.54, 1.807) is 36.4 Å². The Hall–Kier alpha value is -3.68. The van der Waals surface area contributed by atoms with Crippen LogP contribution >= 0.6 is 22.9 Å². The smallest absolute Gasteiger partial charge is 0.306 e. The molecule has 0 atom stereocenters. The first-order valence-electron chi connectivity index (χ1n) is 9.75. The molecule has 3 aromatic carbocycles. The van der Waals surface area contributed by atoms with E-state index in [0.717, 1.165) is 16.1 Å². The molecule has 0 bridgehead atoms. The topological polar surface area (TPSA) is 74.3 Å². The molecule has 6 nitrogen and oxygen atoms in total. The Labute approximate surface area is 194 Å². The van der Waals surface area contributed by atoms with E-state index in [0.29, 0.717) is 27.1 Å². The second kappa shape index (κ2) is 9.64. The van der Waals surface area contributed by atoms with E-state index in [1.807, 2.05) is 54.8 Å². The minimum atomic E-state index is -0.554. The number of halogens is 1. The van der Waals surface area contributed by atoms with Crippen LogP contribution in [0.5, 0.6) is 0 Å². The molecule has 0 saturated heterocycles. The summed E-state index contributed by atoms with van der Waals surface area (Å²) in [6.45, 7) is 1.94. The number of hydrogen-bond acceptors (Lipinski definition) is 4. The maximum absolute atomic E-state index is 13.1. The summed E-state index contributed by atoms with van der Waals surface area (Å²) in [5.74, 6) is -0.423. The maximum atomic E-state index is 13.1. The third-order valence-corrected chi connectivity index (χ3v) is 5.66. The Balaban J connectivity index is 1.62. The first-order chi connectivity index (χ1) is 15.5. The maximum Gasteiger partial charge on any atom is 0.347 e. The zero-order valence-corrected chi connectivity index (χ0v) is 18.7. The van der Waals surface area contributed by atoms with Crippen molar-refractivity contribution in [2.75, 3.05) is 10.3 Å². The van der Waals surface area contributed by atoms with Crippen LogP contribution in [0.4, 0.5) is 15.6 Å². The minimum absolute atomic E-state index is 0.329. The highest BCUT2D eigenvalue weighted by Gasteiger charge is 2.23. The molecule has 2 N–H and O–H groups in total. The first-order valence-corrected chi connectivity index (χ1v) is 11.0. The molecule has 0 aliphatic rings. The average Bonchev–Trinajstić information content (AvgIpc) is 3.30. The number of carbonyl (C=O) groups excluding carboxylic acids is 2. The van der Waals surface area contributed by atoms with E-state index in [2.05, 4.69) is 15.7 Å². The summed E-state index contributed by atoms with van der Waals surface area (Å²) in [6.07, 6.45) is 0. The van der Waals surface area contributed by atoms with Gasteiger partial charge in [0.05, 0.1) is 5.69 Å². The van der Waals surface area contributed by atoms with E-state index < -0.39 is 11.9 Å². The van der Waals surface area contributed by atoms with E-state index >= 15 is 0 Å². The molecule has 0 saturated carbocycles. The van der Waals surface area contributed by atoms with Gasteiger partial charge in [0.25, 0.3) is 5.91 Å². The zero-order chi connectivity index (χ0) is 22.5. The highest BCUT2D eigenvalue weighted by Crippen LogP contribution is 2.27. The summed E-state index contributed by atoms with van der Waals surface area (Å²) in [5.41, 5.74) is 6.29. The molecule has 160 valence electrons. The lowest BCUT2D eigenvalue weighted by molar-refractivity contribution is 0.0951. The lowest BCUT2D eigenvalue weighted by Crippen LogP contribution is -2.48. The molecule has 4 aromatic rings. The SMILES string of the molecule is Cc1ccc(C(=O)NN(C(=O)Nc2ccc(Cl)cc2)c2nc(-c3ccccc3)cs2)cc1. The molecule has 0 radical (unpaired) electrons. The molecule has 0 spiro atoms. The molecule has 32 heavy (non-hydrogen) atoms. The lowest BCUT2D eigenvalue weighted by Gasteiger charge is -2.21. The summed E-state index contributed by atoms with van der Waals surface area (Å²) in [7, 11) is 0. The minimum Gasteiger partial charge on any atom is -0.306 e. The lowest BCUT2D eigenvalue weighted by atomic mass is 10.1. The summed E-state index contributed by atoms with van der Waals surface area (Å²) in [4.78, 5) is 30.5. The van der Waals surface area contributed by atoms with Crippen LogP contribution in [0.15, 0.2) is 84.2 Å². The Morgan fingerprint density at radius 3 is 2.31 bits per heavy atom. The second-order valence-electron chi connectivity index (χ2n) is 6.96. The van der Waals surface area contributed by atoms with Crippen LogP contribution in [0.3, 0.4) is 0 Å². The van der Waals surface area contributed by atoms with Crippen molar-refractivity contribution in [2.24, 2.45) is 0 Å². The van der Waals surface area contributed by atoms with Crippen LogP contribution in [0.2, 0.25) is 5.02 Å². The molecule has 0 unspecified atom stereocenters. The molecule has 8 heteroatoms. The van der Waals surface area contributed by atoms with Gasteiger partial charge in [-0.3, -0.25) is 10.2 Å². The van der Waals surface area contributed by atoms with Crippen molar-refractivity contribution in [3.05, 3.63) is 100 Å². The molecule has 4 rings (SSSR count). The predicted molar refractivity (Wildman–Crippen MR) is 129 cm³/mol. The van der Waals surface area contributed by atoms with Crippen molar-refractivity contribution in [1.82, 2.24) is 10.4 Å². The zero-order valence-electron chi connectivity index (χ0n) is 17.1. The van der Waals surface area contributed by atoms with E-state index in [9.17, 15) is 9.59 Å². The van der Waals surface area contributed by atoms with E-state index in [1.165, 1.54) is 11.3 Å². The third-order valence-electron chi connectivity index (χ3n) is 4.58. The number of benzene rings is 3. The van der Waals surface area contributed by atoms with Gasteiger partial charge in [-0.05, 0) is 43.3 Å². The van der Waals surface area contributed by atoms with Crippen LogP contribution in [0.1, 0.15) is 15.9 Å². The van der Waals surface area contributed by atoms with Crippen LogP contribution in [-0.4, -0.2) is 16.9 Å². The third kappa shape index (κ3) is 5.14. The van der Waals surface area contributed by atoms with Gasteiger partial charge in [-0.1, -0.05) is 59.6 Å². The van der Waals surface area contributed by atoms with Crippen molar-refractivity contribution in [2.45, 2.75) is 6.92 Å². The van der Waals surface area contributed by atoms with Gasteiger partial charge >= 0.3 is 6.03 Å². The fourth-order valence-electron chi connectivity index (χ4n) is 2.88. The van der Waals surface area contributed by atoms with Gasteiger partial charge in [0.1, 0.15) is 0 Å². The van der Waals surface area contributed by atoms with Gasteiger partial charge in [-0.2, -0.15) is 5.01 Å². The molecule has 0 aliphatic carbocycles. The van der Waals surface area contributed by atoms with Crippen LogP contribution in [0.25, 0.3) is 11.3 Å². The number of carbonyl (C=O) groups is 2. The largest absolute Gasteiger partial charge is 0.347 e. The summed E-state index contributed by atoms with van der Waals surface area (Å²) in [5, 5.41) is 6.61.